The topological polar surface area (TPSA) is 45.5 Å². The Morgan fingerprint density at radius 3 is 2.46 bits per heavy atom. The number of rotatable bonds is 10. The van der Waals surface area contributed by atoms with E-state index in [9.17, 15) is 0 Å². The van der Waals surface area contributed by atoms with Crippen molar-refractivity contribution in [3.63, 3.8) is 0 Å². The highest BCUT2D eigenvalue weighted by atomic mass is 28.3. The maximum absolute atomic E-state index is 5.79. The number of methoxy groups -OCH3 is 1. The first-order valence-electron chi connectivity index (χ1n) is 8.25. The maximum Gasteiger partial charge on any atom is 0.124 e. The van der Waals surface area contributed by atoms with Gasteiger partial charge in [-0.3, -0.25) is 0 Å². The highest BCUT2D eigenvalue weighted by molar-refractivity contribution is 6.76. The molecule has 24 heavy (non-hydrogen) atoms. The first-order chi connectivity index (χ1) is 11.5. The lowest BCUT2D eigenvalue weighted by Crippen LogP contribution is -2.22. The van der Waals surface area contributed by atoms with Crippen LogP contribution in [-0.4, -0.2) is 31.3 Å². The van der Waals surface area contributed by atoms with E-state index in [-0.39, 0.29) is 0 Å². The van der Waals surface area contributed by atoms with Crippen molar-refractivity contribution in [1.29, 1.82) is 0 Å². The molecule has 1 heterocycles. The molecule has 5 nitrogen and oxygen atoms in total. The predicted molar refractivity (Wildman–Crippen MR) is 97.8 cm³/mol. The van der Waals surface area contributed by atoms with Gasteiger partial charge in [-0.1, -0.05) is 31.8 Å². The van der Waals surface area contributed by atoms with Gasteiger partial charge in [-0.25, -0.2) is 4.98 Å². The Morgan fingerprint density at radius 2 is 1.79 bits per heavy atom. The second-order valence-electron chi connectivity index (χ2n) is 7.04. The van der Waals surface area contributed by atoms with Crippen LogP contribution in [0.2, 0.25) is 25.7 Å². The minimum absolute atomic E-state index is 0.517. The number of hydrogen-bond acceptors (Lipinski definition) is 4. The molecule has 132 valence electrons. The summed E-state index contributed by atoms with van der Waals surface area (Å²) in [4.78, 5) is 4.19. The molecule has 2 rings (SSSR count). The summed E-state index contributed by atoms with van der Waals surface area (Å²) < 4.78 is 18.7. The summed E-state index contributed by atoms with van der Waals surface area (Å²) in [5.74, 6) is 0.854. The fourth-order valence-electron chi connectivity index (χ4n) is 2.12. The average Bonchev–Trinajstić information content (AvgIpc) is 2.99. The van der Waals surface area contributed by atoms with Crippen molar-refractivity contribution in [1.82, 2.24) is 9.55 Å². The summed E-state index contributed by atoms with van der Waals surface area (Å²) in [7, 11) is 0.623. The Bertz CT molecular complexity index is 605. The van der Waals surface area contributed by atoms with Gasteiger partial charge in [-0.05, 0) is 23.7 Å². The third kappa shape index (κ3) is 6.47. The van der Waals surface area contributed by atoms with Crippen molar-refractivity contribution >= 4 is 8.07 Å². The summed E-state index contributed by atoms with van der Waals surface area (Å²) in [5.41, 5.74) is 2.14. The van der Waals surface area contributed by atoms with Crippen LogP contribution in [0.25, 0.3) is 0 Å². The van der Waals surface area contributed by atoms with Crippen LogP contribution in [0, 0.1) is 0 Å². The van der Waals surface area contributed by atoms with Gasteiger partial charge >= 0.3 is 0 Å². The van der Waals surface area contributed by atoms with Crippen LogP contribution in [0.4, 0.5) is 0 Å². The average molecular weight is 349 g/mol. The summed E-state index contributed by atoms with van der Waals surface area (Å²) in [6.45, 7) is 9.48. The van der Waals surface area contributed by atoms with E-state index >= 15 is 0 Å². The molecule has 1 aromatic heterocycles. The number of aromatic nitrogens is 2. The van der Waals surface area contributed by atoms with Crippen LogP contribution in [0.1, 0.15) is 11.3 Å². The normalized spacial score (nSPS) is 11.7. The van der Waals surface area contributed by atoms with E-state index in [4.69, 9.17) is 14.2 Å². The van der Waals surface area contributed by atoms with Crippen molar-refractivity contribution in [3.8, 4) is 5.75 Å². The fourth-order valence-corrected chi connectivity index (χ4v) is 2.88. The number of imidazole rings is 1. The second-order valence-corrected chi connectivity index (χ2v) is 12.7. The van der Waals surface area contributed by atoms with Crippen LogP contribution in [-0.2, 0) is 29.4 Å². The van der Waals surface area contributed by atoms with E-state index in [1.54, 1.807) is 13.4 Å². The minimum Gasteiger partial charge on any atom is -0.497 e. The summed E-state index contributed by atoms with van der Waals surface area (Å²) >= 11 is 0. The Hall–Kier alpha value is -1.63. The molecular formula is C18H28N2O3Si. The first kappa shape index (κ1) is 18.7. The Morgan fingerprint density at radius 1 is 1.04 bits per heavy atom. The van der Waals surface area contributed by atoms with E-state index in [1.807, 2.05) is 35.0 Å². The van der Waals surface area contributed by atoms with E-state index < -0.39 is 8.07 Å². The van der Waals surface area contributed by atoms with Crippen LogP contribution in [0.3, 0.4) is 0 Å². The van der Waals surface area contributed by atoms with Gasteiger partial charge in [0.05, 0.1) is 38.5 Å². The lowest BCUT2D eigenvalue weighted by Gasteiger charge is -2.16. The molecule has 0 aliphatic carbocycles. The molecule has 2 aromatic rings. The standard InChI is InChI=1S/C18H28N2O3Si/c1-21-18-7-5-16(6-8-18)12-23-13-17-11-19-14-20(17)15-22-9-10-24(2,3)4/h5-8,11,14H,9-10,12-13,15H2,1-4H3. The molecule has 0 saturated heterocycles. The maximum atomic E-state index is 5.79. The van der Waals surface area contributed by atoms with Gasteiger partial charge in [0.25, 0.3) is 0 Å². The lowest BCUT2D eigenvalue weighted by molar-refractivity contribution is 0.0691. The number of hydrogen-bond donors (Lipinski definition) is 0. The van der Waals surface area contributed by atoms with Gasteiger partial charge in [-0.2, -0.15) is 0 Å². The van der Waals surface area contributed by atoms with Crippen molar-refractivity contribution in [2.75, 3.05) is 13.7 Å². The van der Waals surface area contributed by atoms with Gasteiger partial charge in [0.1, 0.15) is 12.5 Å². The SMILES string of the molecule is COc1ccc(COCc2cncn2COCC[Si](C)(C)C)cc1. The smallest absolute Gasteiger partial charge is 0.124 e. The Labute approximate surface area is 145 Å². The third-order valence-corrected chi connectivity index (χ3v) is 5.41. The molecule has 0 spiro atoms. The number of benzene rings is 1. The first-order valence-corrected chi connectivity index (χ1v) is 12.0. The molecular weight excluding hydrogens is 320 g/mol. The van der Waals surface area contributed by atoms with E-state index in [0.29, 0.717) is 19.9 Å². The summed E-state index contributed by atoms with van der Waals surface area (Å²) in [6, 6.07) is 9.07. The van der Waals surface area contributed by atoms with Gasteiger partial charge in [-0.15, -0.1) is 0 Å². The van der Waals surface area contributed by atoms with Crippen LogP contribution in [0.5, 0.6) is 5.75 Å². The van der Waals surface area contributed by atoms with Crippen molar-refractivity contribution in [2.45, 2.75) is 45.6 Å². The molecule has 0 aliphatic heterocycles. The van der Waals surface area contributed by atoms with Crippen molar-refractivity contribution in [2.24, 2.45) is 0 Å². The van der Waals surface area contributed by atoms with Gasteiger partial charge < -0.3 is 18.8 Å². The monoisotopic (exact) mass is 348 g/mol. The highest BCUT2D eigenvalue weighted by Gasteiger charge is 2.12. The Kier molecular flexibility index (Phi) is 7.02. The van der Waals surface area contributed by atoms with Gasteiger partial charge in [0, 0.05) is 14.7 Å². The van der Waals surface area contributed by atoms with Gasteiger partial charge in [0.2, 0.25) is 0 Å². The molecule has 0 N–H and O–H groups in total. The molecule has 0 bridgehead atoms. The molecule has 0 unspecified atom stereocenters. The van der Waals surface area contributed by atoms with E-state index in [2.05, 4.69) is 24.6 Å². The molecule has 0 fully saturated rings. The van der Waals surface area contributed by atoms with Crippen LogP contribution >= 0.6 is 0 Å². The summed E-state index contributed by atoms with van der Waals surface area (Å²) in [5, 5.41) is 0. The van der Waals surface area contributed by atoms with Crippen LogP contribution in [0.15, 0.2) is 36.8 Å². The number of ether oxygens (including phenoxy) is 3. The van der Waals surface area contributed by atoms with Gasteiger partial charge in [0.15, 0.2) is 0 Å². The molecule has 0 aliphatic rings. The second kappa shape index (κ2) is 9.01. The van der Waals surface area contributed by atoms with E-state index in [1.165, 1.54) is 6.04 Å². The largest absolute Gasteiger partial charge is 0.497 e. The zero-order valence-electron chi connectivity index (χ0n) is 15.1. The third-order valence-electron chi connectivity index (χ3n) is 3.70. The van der Waals surface area contributed by atoms with Crippen molar-refractivity contribution < 1.29 is 14.2 Å². The van der Waals surface area contributed by atoms with E-state index in [0.717, 1.165) is 23.6 Å². The minimum atomic E-state index is -1.04. The molecule has 0 radical (unpaired) electrons. The lowest BCUT2D eigenvalue weighted by atomic mass is 10.2. The Balaban J connectivity index is 1.74. The fraction of sp³-hybridized carbons (Fsp3) is 0.500. The summed E-state index contributed by atoms with van der Waals surface area (Å²) in [6.07, 6.45) is 3.62. The quantitative estimate of drug-likeness (QED) is 0.482. The zero-order valence-corrected chi connectivity index (χ0v) is 16.1. The molecule has 0 amide bonds. The molecule has 6 heteroatoms. The van der Waals surface area contributed by atoms with Crippen LogP contribution < -0.4 is 4.74 Å². The molecule has 1 aromatic carbocycles. The molecule has 0 atom stereocenters. The van der Waals surface area contributed by atoms with Crippen molar-refractivity contribution in [3.05, 3.63) is 48.0 Å². The number of nitrogens with zero attached hydrogens (tertiary/aromatic N) is 2. The predicted octanol–water partition coefficient (Wildman–Crippen LogP) is 3.92. The zero-order chi connectivity index (χ0) is 17.4. The molecule has 0 saturated carbocycles. The highest BCUT2D eigenvalue weighted by Crippen LogP contribution is 2.13.